The molecule has 1 aliphatic heterocycles. The molecule has 8 nitrogen and oxygen atoms in total. The summed E-state index contributed by atoms with van der Waals surface area (Å²) >= 11 is 0. The zero-order valence-electron chi connectivity index (χ0n) is 13.4. The maximum atomic E-state index is 12.4. The summed E-state index contributed by atoms with van der Waals surface area (Å²) in [4.78, 5) is 25.4. The number of nitrogens with zero attached hydrogens (tertiary/aromatic N) is 3. The third-order valence-electron chi connectivity index (χ3n) is 4.65. The molecule has 1 aromatic rings. The third-order valence-corrected chi connectivity index (χ3v) is 4.65. The highest BCUT2D eigenvalue weighted by Gasteiger charge is 2.33. The summed E-state index contributed by atoms with van der Waals surface area (Å²) in [5.74, 6) is 1.49. The molecule has 0 radical (unpaired) electrons. The minimum atomic E-state index is -0.364. The number of likely N-dealkylation sites (tertiary alicyclic amines) is 1. The molecule has 2 N–H and O–H groups in total. The Morgan fingerprint density at radius 1 is 1.17 bits per heavy atom. The molecule has 3 amide bonds. The topological polar surface area (TPSA) is 100 Å². The predicted octanol–water partition coefficient (Wildman–Crippen LogP) is 1.32. The van der Waals surface area contributed by atoms with Gasteiger partial charge in [-0.05, 0) is 32.1 Å². The SMILES string of the molecule is CNC(=O)NCC(=O)N1CCCCC1c1nnc(C2CCC2)o1. The average Bonchev–Trinajstić information content (AvgIpc) is 2.99. The van der Waals surface area contributed by atoms with Crippen molar-refractivity contribution in [2.75, 3.05) is 20.1 Å². The van der Waals surface area contributed by atoms with Crippen LogP contribution in [0.2, 0.25) is 0 Å². The molecule has 0 bridgehead atoms. The van der Waals surface area contributed by atoms with Crippen molar-refractivity contribution in [1.29, 1.82) is 0 Å². The molecule has 8 heteroatoms. The number of hydrogen-bond donors (Lipinski definition) is 2. The normalized spacial score (nSPS) is 21.6. The maximum absolute atomic E-state index is 12.4. The van der Waals surface area contributed by atoms with Crippen LogP contribution in [0.15, 0.2) is 4.42 Å². The van der Waals surface area contributed by atoms with Crippen molar-refractivity contribution in [2.24, 2.45) is 0 Å². The van der Waals surface area contributed by atoms with Crippen molar-refractivity contribution in [1.82, 2.24) is 25.7 Å². The van der Waals surface area contributed by atoms with Gasteiger partial charge in [0.1, 0.15) is 6.04 Å². The number of carbonyl (C=O) groups is 2. The van der Waals surface area contributed by atoms with E-state index in [4.69, 9.17) is 4.42 Å². The highest BCUT2D eigenvalue weighted by molar-refractivity contribution is 5.84. The smallest absolute Gasteiger partial charge is 0.314 e. The van der Waals surface area contributed by atoms with Crippen LogP contribution in [0.4, 0.5) is 4.79 Å². The zero-order chi connectivity index (χ0) is 16.2. The molecular weight excluding hydrogens is 298 g/mol. The molecule has 2 aliphatic rings. The van der Waals surface area contributed by atoms with E-state index < -0.39 is 0 Å². The van der Waals surface area contributed by atoms with E-state index in [1.54, 1.807) is 4.90 Å². The molecule has 126 valence electrons. The van der Waals surface area contributed by atoms with Crippen LogP contribution in [0.1, 0.15) is 62.3 Å². The van der Waals surface area contributed by atoms with Gasteiger partial charge in [-0.25, -0.2) is 4.79 Å². The van der Waals surface area contributed by atoms with Gasteiger partial charge in [-0.3, -0.25) is 4.79 Å². The summed E-state index contributed by atoms with van der Waals surface area (Å²) in [6.07, 6.45) is 6.21. The number of rotatable bonds is 4. The first kappa shape index (κ1) is 15.8. The van der Waals surface area contributed by atoms with Crippen molar-refractivity contribution in [3.63, 3.8) is 0 Å². The van der Waals surface area contributed by atoms with Crippen LogP contribution in [0.5, 0.6) is 0 Å². The van der Waals surface area contributed by atoms with Gasteiger partial charge in [0, 0.05) is 19.5 Å². The van der Waals surface area contributed by atoms with Crippen molar-refractivity contribution in [2.45, 2.75) is 50.5 Å². The lowest BCUT2D eigenvalue weighted by Gasteiger charge is -2.33. The summed E-state index contributed by atoms with van der Waals surface area (Å²) < 4.78 is 5.84. The second-order valence-electron chi connectivity index (χ2n) is 6.14. The number of hydrogen-bond acceptors (Lipinski definition) is 5. The first-order valence-corrected chi connectivity index (χ1v) is 8.27. The first-order chi connectivity index (χ1) is 11.2. The van der Waals surface area contributed by atoms with Gasteiger partial charge in [-0.2, -0.15) is 0 Å². The van der Waals surface area contributed by atoms with Gasteiger partial charge in [0.05, 0.1) is 6.54 Å². The van der Waals surface area contributed by atoms with E-state index in [1.165, 1.54) is 13.5 Å². The fraction of sp³-hybridized carbons (Fsp3) is 0.733. The predicted molar refractivity (Wildman–Crippen MR) is 81.7 cm³/mol. The summed E-state index contributed by atoms with van der Waals surface area (Å²) in [7, 11) is 1.52. The van der Waals surface area contributed by atoms with E-state index in [1.807, 2.05) is 0 Å². The van der Waals surface area contributed by atoms with Gasteiger partial charge in [0.15, 0.2) is 0 Å². The number of carbonyl (C=O) groups excluding carboxylic acids is 2. The van der Waals surface area contributed by atoms with Crippen LogP contribution in [-0.2, 0) is 4.79 Å². The first-order valence-electron chi connectivity index (χ1n) is 8.27. The molecule has 2 heterocycles. The largest absolute Gasteiger partial charge is 0.423 e. The lowest BCUT2D eigenvalue weighted by molar-refractivity contribution is -0.134. The molecule has 1 saturated carbocycles. The maximum Gasteiger partial charge on any atom is 0.314 e. The number of nitrogens with one attached hydrogen (secondary N) is 2. The van der Waals surface area contributed by atoms with Crippen molar-refractivity contribution in [3.05, 3.63) is 11.8 Å². The Morgan fingerprint density at radius 2 is 1.96 bits per heavy atom. The fourth-order valence-electron chi connectivity index (χ4n) is 3.03. The summed E-state index contributed by atoms with van der Waals surface area (Å²) in [6.45, 7) is 0.625. The average molecular weight is 321 g/mol. The highest BCUT2D eigenvalue weighted by Crippen LogP contribution is 2.37. The van der Waals surface area contributed by atoms with E-state index in [0.717, 1.165) is 32.1 Å². The van der Waals surface area contributed by atoms with E-state index in [9.17, 15) is 9.59 Å². The fourth-order valence-corrected chi connectivity index (χ4v) is 3.03. The van der Waals surface area contributed by atoms with Crippen LogP contribution >= 0.6 is 0 Å². The molecule has 1 atom stereocenters. The van der Waals surface area contributed by atoms with E-state index in [-0.39, 0.29) is 24.5 Å². The lowest BCUT2D eigenvalue weighted by Crippen LogP contribution is -2.45. The monoisotopic (exact) mass is 321 g/mol. The third kappa shape index (κ3) is 3.46. The molecule has 1 saturated heterocycles. The van der Waals surface area contributed by atoms with E-state index in [2.05, 4.69) is 20.8 Å². The van der Waals surface area contributed by atoms with Crippen LogP contribution < -0.4 is 10.6 Å². The molecule has 23 heavy (non-hydrogen) atoms. The van der Waals surface area contributed by atoms with E-state index in [0.29, 0.717) is 24.2 Å². The quantitative estimate of drug-likeness (QED) is 0.871. The minimum Gasteiger partial charge on any atom is -0.423 e. The summed E-state index contributed by atoms with van der Waals surface area (Å²) in [5, 5.41) is 13.3. The number of urea groups is 1. The molecular formula is C15H23N5O3. The van der Waals surface area contributed by atoms with Gasteiger partial charge in [-0.15, -0.1) is 10.2 Å². The van der Waals surface area contributed by atoms with Gasteiger partial charge in [-0.1, -0.05) is 6.42 Å². The van der Waals surface area contributed by atoms with E-state index >= 15 is 0 Å². The highest BCUT2D eigenvalue weighted by atomic mass is 16.4. The molecule has 1 aliphatic carbocycles. The standard InChI is InChI=1S/C15H23N5O3/c1-16-15(22)17-9-12(21)20-8-3-2-7-11(20)14-19-18-13(23-14)10-5-4-6-10/h10-11H,2-9H2,1H3,(H2,16,17,22). The Morgan fingerprint density at radius 3 is 2.65 bits per heavy atom. The number of aromatic nitrogens is 2. The molecule has 0 spiro atoms. The second kappa shape index (κ2) is 6.97. The molecule has 2 fully saturated rings. The Bertz CT molecular complexity index is 569. The summed E-state index contributed by atoms with van der Waals surface area (Å²) in [6, 6.07) is -0.541. The van der Waals surface area contributed by atoms with Gasteiger partial charge in [0.2, 0.25) is 17.7 Å². The van der Waals surface area contributed by atoms with Gasteiger partial charge < -0.3 is 20.0 Å². The number of amides is 3. The van der Waals surface area contributed by atoms with Crippen molar-refractivity contribution < 1.29 is 14.0 Å². The van der Waals surface area contributed by atoms with Crippen LogP contribution in [0.25, 0.3) is 0 Å². The van der Waals surface area contributed by atoms with Crippen molar-refractivity contribution in [3.8, 4) is 0 Å². The number of piperidine rings is 1. The Labute approximate surface area is 135 Å². The second-order valence-corrected chi connectivity index (χ2v) is 6.14. The molecule has 1 aromatic heterocycles. The van der Waals surface area contributed by atoms with Crippen LogP contribution in [-0.4, -0.2) is 47.2 Å². The Kier molecular flexibility index (Phi) is 4.78. The van der Waals surface area contributed by atoms with Crippen LogP contribution in [0.3, 0.4) is 0 Å². The Hall–Kier alpha value is -2.12. The van der Waals surface area contributed by atoms with Gasteiger partial charge >= 0.3 is 6.03 Å². The molecule has 1 unspecified atom stereocenters. The zero-order valence-corrected chi connectivity index (χ0v) is 13.4. The molecule has 0 aromatic carbocycles. The minimum absolute atomic E-state index is 0.0280. The lowest BCUT2D eigenvalue weighted by atomic mass is 9.85. The van der Waals surface area contributed by atoms with Crippen molar-refractivity contribution >= 4 is 11.9 Å². The summed E-state index contributed by atoms with van der Waals surface area (Å²) in [5.41, 5.74) is 0. The van der Waals surface area contributed by atoms with Crippen LogP contribution in [0, 0.1) is 0 Å². The molecule has 3 rings (SSSR count). The van der Waals surface area contributed by atoms with Gasteiger partial charge in [0.25, 0.3) is 0 Å². The Balaban J connectivity index is 1.66.